The first kappa shape index (κ1) is 9.37. The van der Waals surface area contributed by atoms with E-state index in [2.05, 4.69) is 5.32 Å². The van der Waals surface area contributed by atoms with Crippen molar-refractivity contribution in [2.24, 2.45) is 0 Å². The van der Waals surface area contributed by atoms with E-state index in [1.54, 1.807) is 24.3 Å². The Balaban J connectivity index is 2.06. The molecule has 0 bridgehead atoms. The number of rotatable bonds is 2. The molecule has 0 saturated carbocycles. The number of nitrogens with one attached hydrogen (secondary N) is 1. The van der Waals surface area contributed by atoms with E-state index in [4.69, 9.17) is 0 Å². The Morgan fingerprint density at radius 3 is 2.43 bits per heavy atom. The predicted octanol–water partition coefficient (Wildman–Crippen LogP) is 1.17. The van der Waals surface area contributed by atoms with Gasteiger partial charge in [-0.2, -0.15) is 0 Å². The lowest BCUT2D eigenvalue weighted by atomic mass is 9.96. The highest BCUT2D eigenvalue weighted by molar-refractivity contribution is 5.50. The zero-order chi connectivity index (χ0) is 10.0. The lowest BCUT2D eigenvalue weighted by Crippen LogP contribution is -2.57. The van der Waals surface area contributed by atoms with Gasteiger partial charge < -0.3 is 10.4 Å². The highest BCUT2D eigenvalue weighted by atomic mass is 19.1. The molecule has 0 amide bonds. The quantitative estimate of drug-likeness (QED) is 0.739. The minimum Gasteiger partial charge on any atom is -0.383 e. The van der Waals surface area contributed by atoms with Crippen LogP contribution in [0, 0.1) is 5.82 Å². The lowest BCUT2D eigenvalue weighted by molar-refractivity contribution is 0.0383. The Morgan fingerprint density at radius 1 is 1.29 bits per heavy atom. The molecule has 0 aliphatic carbocycles. The van der Waals surface area contributed by atoms with Gasteiger partial charge in [-0.15, -0.1) is 0 Å². The smallest absolute Gasteiger partial charge is 0.123 e. The number of aliphatic hydroxyl groups is 1. The average Bonchev–Trinajstić information content (AvgIpc) is 2.14. The van der Waals surface area contributed by atoms with Crippen molar-refractivity contribution in [1.82, 2.24) is 5.32 Å². The van der Waals surface area contributed by atoms with E-state index in [1.807, 2.05) is 0 Å². The summed E-state index contributed by atoms with van der Waals surface area (Å²) < 4.78 is 12.6. The zero-order valence-corrected chi connectivity index (χ0v) is 7.70. The molecule has 2 N–H and O–H groups in total. The van der Waals surface area contributed by atoms with Crippen LogP contribution in [0.2, 0.25) is 0 Å². The van der Waals surface area contributed by atoms with Gasteiger partial charge >= 0.3 is 0 Å². The van der Waals surface area contributed by atoms with Crippen molar-refractivity contribution in [3.63, 3.8) is 0 Å². The molecule has 0 atom stereocenters. The van der Waals surface area contributed by atoms with Gasteiger partial charge in [0.2, 0.25) is 0 Å². The van der Waals surface area contributed by atoms with E-state index in [9.17, 15) is 9.50 Å². The van der Waals surface area contributed by atoms with Crippen LogP contribution >= 0.6 is 0 Å². The van der Waals surface area contributed by atoms with E-state index < -0.39 is 5.60 Å². The summed E-state index contributed by atoms with van der Waals surface area (Å²) in [5.41, 5.74) is 0.181. The topological polar surface area (TPSA) is 32.3 Å². The van der Waals surface area contributed by atoms with Crippen molar-refractivity contribution in [2.75, 3.05) is 13.1 Å². The largest absolute Gasteiger partial charge is 0.383 e. The van der Waals surface area contributed by atoms with Crippen LogP contribution in [-0.2, 0) is 0 Å². The molecule has 3 heteroatoms. The summed E-state index contributed by atoms with van der Waals surface area (Å²) in [6.07, 6.45) is 3.55. The Morgan fingerprint density at radius 2 is 1.93 bits per heavy atom. The van der Waals surface area contributed by atoms with Crippen molar-refractivity contribution in [3.8, 4) is 0 Å². The summed E-state index contributed by atoms with van der Waals surface area (Å²) in [6, 6.07) is 6.17. The molecule has 74 valence electrons. The van der Waals surface area contributed by atoms with Crippen LogP contribution in [0.1, 0.15) is 5.56 Å². The van der Waals surface area contributed by atoms with Crippen LogP contribution in [0.5, 0.6) is 0 Å². The summed E-state index contributed by atoms with van der Waals surface area (Å²) in [7, 11) is 0. The highest BCUT2D eigenvalue weighted by Crippen LogP contribution is 2.14. The molecule has 2 nitrogen and oxygen atoms in total. The Labute approximate surface area is 82.1 Å². The van der Waals surface area contributed by atoms with Gasteiger partial charge in [-0.1, -0.05) is 18.2 Å². The van der Waals surface area contributed by atoms with Crippen molar-refractivity contribution < 1.29 is 9.50 Å². The highest BCUT2D eigenvalue weighted by Gasteiger charge is 2.30. The molecule has 1 aromatic carbocycles. The first-order valence-electron chi connectivity index (χ1n) is 4.56. The van der Waals surface area contributed by atoms with Gasteiger partial charge in [0.1, 0.15) is 11.4 Å². The van der Waals surface area contributed by atoms with Gasteiger partial charge in [-0.3, -0.25) is 0 Å². The zero-order valence-electron chi connectivity index (χ0n) is 7.70. The van der Waals surface area contributed by atoms with Gasteiger partial charge in [-0.05, 0) is 23.8 Å². The molecule has 1 aromatic rings. The predicted molar refractivity (Wildman–Crippen MR) is 53.3 cm³/mol. The Bertz CT molecular complexity index is 341. The normalized spacial score (nSPS) is 19.6. The first-order valence-corrected chi connectivity index (χ1v) is 4.56. The summed E-state index contributed by atoms with van der Waals surface area (Å²) in [4.78, 5) is 0. The minimum absolute atomic E-state index is 0.244. The average molecular weight is 193 g/mol. The SMILES string of the molecule is OC1(/C=C/c2ccc(F)cc2)CNC1. The first-order chi connectivity index (χ1) is 6.68. The molecule has 0 aromatic heterocycles. The maximum atomic E-state index is 12.6. The van der Waals surface area contributed by atoms with Crippen LogP contribution in [-0.4, -0.2) is 23.8 Å². The number of benzene rings is 1. The molecule has 1 fully saturated rings. The maximum Gasteiger partial charge on any atom is 0.123 e. The fraction of sp³-hybridized carbons (Fsp3) is 0.273. The van der Waals surface area contributed by atoms with Crippen molar-refractivity contribution in [3.05, 3.63) is 41.7 Å². The van der Waals surface area contributed by atoms with Gasteiger partial charge in [0, 0.05) is 13.1 Å². The molecule has 0 radical (unpaired) electrons. The van der Waals surface area contributed by atoms with Crippen LogP contribution in [0.25, 0.3) is 6.08 Å². The Hall–Kier alpha value is -1.19. The van der Waals surface area contributed by atoms with Crippen molar-refractivity contribution in [1.29, 1.82) is 0 Å². The molecule has 1 heterocycles. The minimum atomic E-state index is -0.714. The monoisotopic (exact) mass is 193 g/mol. The van der Waals surface area contributed by atoms with Gasteiger partial charge in [0.25, 0.3) is 0 Å². The molecule has 1 saturated heterocycles. The fourth-order valence-corrected chi connectivity index (χ4v) is 1.32. The summed E-state index contributed by atoms with van der Waals surface area (Å²) >= 11 is 0. The summed E-state index contributed by atoms with van der Waals surface area (Å²) in [5, 5.41) is 12.7. The summed E-state index contributed by atoms with van der Waals surface area (Å²) in [5.74, 6) is -0.244. The summed E-state index contributed by atoms with van der Waals surface area (Å²) in [6.45, 7) is 1.18. The van der Waals surface area contributed by atoms with Gasteiger partial charge in [0.05, 0.1) is 0 Å². The number of β-amino-alcohol motifs (C(OH)–C–C–N with tert-alkyl or cyclic N) is 1. The third-order valence-corrected chi connectivity index (χ3v) is 2.32. The van der Waals surface area contributed by atoms with E-state index >= 15 is 0 Å². The standard InChI is InChI=1S/C11H12FNO/c12-10-3-1-9(2-4-10)5-6-11(14)7-13-8-11/h1-6,13-14H,7-8H2/b6-5+. The molecule has 0 spiro atoms. The molecule has 14 heavy (non-hydrogen) atoms. The van der Waals surface area contributed by atoms with E-state index in [-0.39, 0.29) is 5.82 Å². The molecule has 0 unspecified atom stereocenters. The second-order valence-corrected chi connectivity index (χ2v) is 3.59. The lowest BCUT2D eigenvalue weighted by Gasteiger charge is -2.34. The molecule has 1 aliphatic heterocycles. The number of hydrogen-bond donors (Lipinski definition) is 2. The van der Waals surface area contributed by atoms with Crippen LogP contribution in [0.4, 0.5) is 4.39 Å². The van der Waals surface area contributed by atoms with Crippen LogP contribution in [0.3, 0.4) is 0 Å². The van der Waals surface area contributed by atoms with Crippen LogP contribution in [0.15, 0.2) is 30.3 Å². The molecule has 1 aliphatic rings. The maximum absolute atomic E-state index is 12.6. The third-order valence-electron chi connectivity index (χ3n) is 2.32. The molecule has 2 rings (SSSR count). The van der Waals surface area contributed by atoms with Gasteiger partial charge in [-0.25, -0.2) is 4.39 Å². The second kappa shape index (κ2) is 3.52. The molecular formula is C11H12FNO. The number of hydrogen-bond acceptors (Lipinski definition) is 2. The third kappa shape index (κ3) is 2.00. The fourth-order valence-electron chi connectivity index (χ4n) is 1.32. The van der Waals surface area contributed by atoms with Gasteiger partial charge in [0.15, 0.2) is 0 Å². The van der Waals surface area contributed by atoms with Crippen molar-refractivity contribution in [2.45, 2.75) is 5.60 Å². The van der Waals surface area contributed by atoms with E-state index in [1.165, 1.54) is 12.1 Å². The van der Waals surface area contributed by atoms with E-state index in [0.29, 0.717) is 13.1 Å². The molecular weight excluding hydrogens is 181 g/mol. The second-order valence-electron chi connectivity index (χ2n) is 3.59. The van der Waals surface area contributed by atoms with E-state index in [0.717, 1.165) is 5.56 Å². The van der Waals surface area contributed by atoms with Crippen LogP contribution < -0.4 is 5.32 Å². The Kier molecular flexibility index (Phi) is 2.35. The van der Waals surface area contributed by atoms with Crippen molar-refractivity contribution >= 4 is 6.08 Å². The number of halogens is 1.